The van der Waals surface area contributed by atoms with Gasteiger partial charge in [0.15, 0.2) is 0 Å². The fraction of sp³-hybridized carbons (Fsp3) is 0.357. The Kier molecular flexibility index (Phi) is 4.03. The highest BCUT2D eigenvalue weighted by Gasteiger charge is 2.08. The number of aromatic nitrogens is 4. The van der Waals surface area contributed by atoms with Crippen LogP contribution in [0.15, 0.2) is 24.3 Å². The lowest BCUT2D eigenvalue weighted by Gasteiger charge is -2.01. The van der Waals surface area contributed by atoms with Gasteiger partial charge in [-0.3, -0.25) is 0 Å². The van der Waals surface area contributed by atoms with Crippen molar-refractivity contribution in [1.82, 2.24) is 19.7 Å². The van der Waals surface area contributed by atoms with E-state index in [1.54, 1.807) is 11.3 Å². The maximum absolute atomic E-state index is 4.64. The summed E-state index contributed by atoms with van der Waals surface area (Å²) in [5, 5.41) is 9.59. The third-order valence-corrected chi connectivity index (χ3v) is 5.33. The second kappa shape index (κ2) is 5.93. The summed E-state index contributed by atoms with van der Waals surface area (Å²) in [4.78, 5) is 4.64. The highest BCUT2D eigenvalue weighted by molar-refractivity contribution is 7.97. The van der Waals surface area contributed by atoms with Crippen LogP contribution in [0.25, 0.3) is 10.2 Å². The number of nitrogens with zero attached hydrogens (tertiary/aromatic N) is 4. The van der Waals surface area contributed by atoms with Gasteiger partial charge in [0.05, 0.1) is 16.0 Å². The van der Waals surface area contributed by atoms with Crippen LogP contribution in [-0.2, 0) is 25.0 Å². The fourth-order valence-electron chi connectivity index (χ4n) is 2.04. The molecular formula is C14H16N4S2. The molecule has 0 N–H and O–H groups in total. The van der Waals surface area contributed by atoms with Crippen LogP contribution in [0.2, 0.25) is 0 Å². The molecule has 104 valence electrons. The van der Waals surface area contributed by atoms with Gasteiger partial charge in [0, 0.05) is 19.2 Å². The van der Waals surface area contributed by atoms with E-state index < -0.39 is 0 Å². The van der Waals surface area contributed by atoms with Crippen LogP contribution in [0, 0.1) is 0 Å². The summed E-state index contributed by atoms with van der Waals surface area (Å²) in [7, 11) is 2.03. The molecule has 0 aliphatic heterocycles. The van der Waals surface area contributed by atoms with E-state index in [0.29, 0.717) is 0 Å². The number of fused-ring (bicyclic) bond motifs is 1. The highest BCUT2D eigenvalue weighted by atomic mass is 32.2. The molecule has 0 spiro atoms. The van der Waals surface area contributed by atoms with Crippen LogP contribution < -0.4 is 0 Å². The third kappa shape index (κ3) is 2.71. The van der Waals surface area contributed by atoms with Crippen molar-refractivity contribution in [3.63, 3.8) is 0 Å². The van der Waals surface area contributed by atoms with Gasteiger partial charge in [-0.1, -0.05) is 19.1 Å². The van der Waals surface area contributed by atoms with Gasteiger partial charge in [-0.05, 0) is 12.1 Å². The normalized spacial score (nSPS) is 11.3. The summed E-state index contributed by atoms with van der Waals surface area (Å²) < 4.78 is 3.35. The Morgan fingerprint density at radius 1 is 1.15 bits per heavy atom. The van der Waals surface area contributed by atoms with E-state index in [-0.39, 0.29) is 0 Å². The maximum Gasteiger partial charge on any atom is 0.142 e. The van der Waals surface area contributed by atoms with Crippen molar-refractivity contribution in [2.75, 3.05) is 0 Å². The number of hydrogen-bond donors (Lipinski definition) is 0. The fourth-order valence-corrected chi connectivity index (χ4v) is 4.07. The minimum absolute atomic E-state index is 0.874. The first-order valence-corrected chi connectivity index (χ1v) is 8.54. The second-order valence-electron chi connectivity index (χ2n) is 4.51. The Bertz CT molecular complexity index is 684. The SMILES string of the molecule is CCc1nnc(CSCc2nc3ccccc3s2)n1C. The first-order valence-electron chi connectivity index (χ1n) is 6.57. The Labute approximate surface area is 126 Å². The predicted octanol–water partition coefficient (Wildman–Crippen LogP) is 3.42. The van der Waals surface area contributed by atoms with E-state index in [1.165, 1.54) is 9.71 Å². The van der Waals surface area contributed by atoms with E-state index in [1.807, 2.05) is 24.9 Å². The zero-order valence-electron chi connectivity index (χ0n) is 11.5. The van der Waals surface area contributed by atoms with Crippen molar-refractivity contribution in [2.45, 2.75) is 24.9 Å². The molecule has 0 saturated carbocycles. The summed E-state index contributed by atoms with van der Waals surface area (Å²) in [6, 6.07) is 8.28. The zero-order chi connectivity index (χ0) is 13.9. The van der Waals surface area contributed by atoms with E-state index in [0.717, 1.165) is 35.1 Å². The van der Waals surface area contributed by atoms with Crippen molar-refractivity contribution in [3.05, 3.63) is 40.9 Å². The van der Waals surface area contributed by atoms with E-state index >= 15 is 0 Å². The average molecular weight is 304 g/mol. The maximum atomic E-state index is 4.64. The minimum atomic E-state index is 0.874. The summed E-state index contributed by atoms with van der Waals surface area (Å²) >= 11 is 3.61. The molecular weight excluding hydrogens is 288 g/mol. The topological polar surface area (TPSA) is 43.6 Å². The summed E-state index contributed by atoms with van der Waals surface area (Å²) in [6.07, 6.45) is 0.923. The lowest BCUT2D eigenvalue weighted by molar-refractivity contribution is 0.781. The number of benzene rings is 1. The number of rotatable bonds is 5. The highest BCUT2D eigenvalue weighted by Crippen LogP contribution is 2.25. The molecule has 0 aliphatic carbocycles. The van der Waals surface area contributed by atoms with Crippen LogP contribution in [0.4, 0.5) is 0 Å². The predicted molar refractivity (Wildman–Crippen MR) is 85.0 cm³/mol. The lowest BCUT2D eigenvalue weighted by Crippen LogP contribution is -2.00. The molecule has 1 aromatic carbocycles. The number of thioether (sulfide) groups is 1. The van der Waals surface area contributed by atoms with Gasteiger partial charge < -0.3 is 4.57 Å². The van der Waals surface area contributed by atoms with Gasteiger partial charge in [0.2, 0.25) is 0 Å². The number of para-hydroxylation sites is 1. The van der Waals surface area contributed by atoms with Gasteiger partial charge in [-0.2, -0.15) is 0 Å². The smallest absolute Gasteiger partial charge is 0.142 e. The third-order valence-electron chi connectivity index (χ3n) is 3.17. The standard InChI is InChI=1S/C14H16N4S2/c1-3-12-16-17-13(18(12)2)8-19-9-14-15-10-6-4-5-7-11(10)20-14/h4-7H,3,8-9H2,1-2H3. The largest absolute Gasteiger partial charge is 0.317 e. The van der Waals surface area contributed by atoms with Gasteiger partial charge in [-0.25, -0.2) is 4.98 Å². The Hall–Kier alpha value is -1.40. The van der Waals surface area contributed by atoms with Crippen LogP contribution in [0.5, 0.6) is 0 Å². The monoisotopic (exact) mass is 304 g/mol. The number of thiazole rings is 1. The van der Waals surface area contributed by atoms with Crippen molar-refractivity contribution in [1.29, 1.82) is 0 Å². The summed E-state index contributed by atoms with van der Waals surface area (Å²) in [5.74, 6) is 3.88. The molecule has 0 bridgehead atoms. The molecule has 0 atom stereocenters. The molecule has 4 nitrogen and oxygen atoms in total. The van der Waals surface area contributed by atoms with Crippen LogP contribution >= 0.6 is 23.1 Å². The van der Waals surface area contributed by atoms with E-state index in [2.05, 4.69) is 44.9 Å². The van der Waals surface area contributed by atoms with Crippen LogP contribution in [0.3, 0.4) is 0 Å². The molecule has 6 heteroatoms. The number of aryl methyl sites for hydroxylation is 1. The molecule has 2 aromatic heterocycles. The average Bonchev–Trinajstić information content (AvgIpc) is 3.02. The Balaban J connectivity index is 1.63. The van der Waals surface area contributed by atoms with Crippen molar-refractivity contribution >= 4 is 33.3 Å². The van der Waals surface area contributed by atoms with E-state index in [9.17, 15) is 0 Å². The molecule has 20 heavy (non-hydrogen) atoms. The van der Waals surface area contributed by atoms with Gasteiger partial charge >= 0.3 is 0 Å². The van der Waals surface area contributed by atoms with Gasteiger partial charge in [0.25, 0.3) is 0 Å². The molecule has 0 fully saturated rings. The first-order chi connectivity index (χ1) is 9.78. The molecule has 3 rings (SSSR count). The Morgan fingerprint density at radius 2 is 1.95 bits per heavy atom. The minimum Gasteiger partial charge on any atom is -0.317 e. The van der Waals surface area contributed by atoms with Gasteiger partial charge in [0.1, 0.15) is 16.7 Å². The molecule has 0 aliphatic rings. The zero-order valence-corrected chi connectivity index (χ0v) is 13.2. The first kappa shape index (κ1) is 13.6. The second-order valence-corrected chi connectivity index (χ2v) is 6.61. The molecule has 3 aromatic rings. The van der Waals surface area contributed by atoms with Gasteiger partial charge in [-0.15, -0.1) is 33.3 Å². The Morgan fingerprint density at radius 3 is 2.70 bits per heavy atom. The van der Waals surface area contributed by atoms with Crippen LogP contribution in [0.1, 0.15) is 23.6 Å². The summed E-state index contributed by atoms with van der Waals surface area (Å²) in [5.41, 5.74) is 1.10. The molecule has 2 heterocycles. The number of hydrogen-bond acceptors (Lipinski definition) is 5. The summed E-state index contributed by atoms with van der Waals surface area (Å²) in [6.45, 7) is 2.10. The molecule has 0 unspecified atom stereocenters. The van der Waals surface area contributed by atoms with Crippen molar-refractivity contribution in [2.24, 2.45) is 7.05 Å². The van der Waals surface area contributed by atoms with Crippen molar-refractivity contribution < 1.29 is 0 Å². The quantitative estimate of drug-likeness (QED) is 0.724. The van der Waals surface area contributed by atoms with Crippen LogP contribution in [-0.4, -0.2) is 19.7 Å². The van der Waals surface area contributed by atoms with Crippen molar-refractivity contribution in [3.8, 4) is 0 Å². The van der Waals surface area contributed by atoms with E-state index in [4.69, 9.17) is 0 Å². The molecule has 0 radical (unpaired) electrons. The molecule has 0 amide bonds. The molecule has 0 saturated heterocycles. The lowest BCUT2D eigenvalue weighted by atomic mass is 10.3.